The van der Waals surface area contributed by atoms with Gasteiger partial charge in [0.1, 0.15) is 18.4 Å². The zero-order chi connectivity index (χ0) is 20.4. The van der Waals surface area contributed by atoms with E-state index in [1.807, 2.05) is 0 Å². The Morgan fingerprint density at radius 2 is 1.86 bits per heavy atom. The first-order valence-corrected chi connectivity index (χ1v) is 8.69. The largest absolute Gasteiger partial charge is 0.489 e. The Hall–Kier alpha value is -3.75. The van der Waals surface area contributed by atoms with Gasteiger partial charge in [-0.05, 0) is 12.1 Å². The maximum absolute atomic E-state index is 14.5. The predicted molar refractivity (Wildman–Crippen MR) is 97.8 cm³/mol. The number of halogens is 2. The smallest absolute Gasteiger partial charge is 0.332 e. The van der Waals surface area contributed by atoms with Crippen molar-refractivity contribution in [2.24, 2.45) is 0 Å². The van der Waals surface area contributed by atoms with Crippen molar-refractivity contribution in [2.75, 3.05) is 11.9 Å². The molecule has 1 aromatic heterocycles. The maximum atomic E-state index is 14.5. The summed E-state index contributed by atoms with van der Waals surface area (Å²) in [5.74, 6) is -5.11. The average Bonchev–Trinajstić information content (AvgIpc) is 3.18. The molecule has 2 heterocycles. The molecule has 0 bridgehead atoms. The number of ether oxygens (including phenoxy) is 1. The number of aromatic nitrogens is 1. The number of nitrogens with one attached hydrogen (secondary N) is 2. The summed E-state index contributed by atoms with van der Waals surface area (Å²) in [6.07, 6.45) is 0. The van der Waals surface area contributed by atoms with Gasteiger partial charge in [-0.2, -0.15) is 8.78 Å². The van der Waals surface area contributed by atoms with Crippen molar-refractivity contribution >= 4 is 17.5 Å². The minimum atomic E-state index is -3.46. The lowest BCUT2D eigenvalue weighted by Crippen LogP contribution is -2.46. The quantitative estimate of drug-likeness (QED) is 0.704. The fourth-order valence-electron chi connectivity index (χ4n) is 2.82. The number of anilines is 1. The van der Waals surface area contributed by atoms with Crippen LogP contribution in [0.3, 0.4) is 0 Å². The highest BCUT2D eigenvalue weighted by Gasteiger charge is 2.39. The number of fused-ring (bicyclic) bond motifs is 1. The molecule has 29 heavy (non-hydrogen) atoms. The molecule has 9 heteroatoms. The van der Waals surface area contributed by atoms with Crippen LogP contribution in [0.25, 0.3) is 0 Å². The van der Waals surface area contributed by atoms with Crippen LogP contribution in [0.5, 0.6) is 5.75 Å². The van der Waals surface area contributed by atoms with Crippen LogP contribution in [0, 0.1) is 0 Å². The molecule has 4 rings (SSSR count). The minimum absolute atomic E-state index is 0.126. The molecule has 7 nitrogen and oxygen atoms in total. The second kappa shape index (κ2) is 7.34. The summed E-state index contributed by atoms with van der Waals surface area (Å²) in [7, 11) is 0. The number of carbonyl (C=O) groups excluding carboxylic acids is 2. The number of carbonyl (C=O) groups is 2. The fourth-order valence-corrected chi connectivity index (χ4v) is 2.82. The second-order valence-electron chi connectivity index (χ2n) is 6.34. The van der Waals surface area contributed by atoms with Gasteiger partial charge in [0.05, 0.1) is 5.69 Å². The third-order valence-corrected chi connectivity index (χ3v) is 4.36. The number of amides is 2. The Bertz CT molecular complexity index is 1050. The third kappa shape index (κ3) is 3.66. The van der Waals surface area contributed by atoms with Gasteiger partial charge in [-0.1, -0.05) is 47.6 Å². The zero-order valence-corrected chi connectivity index (χ0v) is 14.9. The number of hydrogen-bond donors (Lipinski definition) is 2. The summed E-state index contributed by atoms with van der Waals surface area (Å²) in [4.78, 5) is 24.7. The molecule has 0 unspecified atom stereocenters. The van der Waals surface area contributed by atoms with Crippen molar-refractivity contribution in [1.82, 2.24) is 10.5 Å². The summed E-state index contributed by atoms with van der Waals surface area (Å²) < 4.78 is 39.3. The van der Waals surface area contributed by atoms with Gasteiger partial charge in [0.15, 0.2) is 5.69 Å². The Morgan fingerprint density at radius 3 is 2.66 bits per heavy atom. The summed E-state index contributed by atoms with van der Waals surface area (Å²) in [6, 6.07) is 13.7. The lowest BCUT2D eigenvalue weighted by molar-refractivity contribution is -0.118. The van der Waals surface area contributed by atoms with Gasteiger partial charge in [0, 0.05) is 11.6 Å². The van der Waals surface area contributed by atoms with Crippen molar-refractivity contribution in [1.29, 1.82) is 0 Å². The molecule has 2 aromatic carbocycles. The average molecular weight is 399 g/mol. The van der Waals surface area contributed by atoms with Crippen LogP contribution in [0.15, 0.2) is 65.2 Å². The number of alkyl halides is 2. The number of rotatable bonds is 4. The predicted octanol–water partition coefficient (Wildman–Crippen LogP) is 2.94. The van der Waals surface area contributed by atoms with E-state index in [-0.39, 0.29) is 17.9 Å². The number of hydrogen-bond acceptors (Lipinski definition) is 5. The van der Waals surface area contributed by atoms with E-state index in [1.54, 1.807) is 30.3 Å². The van der Waals surface area contributed by atoms with Crippen molar-refractivity contribution in [2.45, 2.75) is 12.0 Å². The maximum Gasteiger partial charge on any atom is 0.332 e. The van der Waals surface area contributed by atoms with E-state index < -0.39 is 29.5 Å². The lowest BCUT2D eigenvalue weighted by Gasteiger charge is -2.13. The molecule has 0 spiro atoms. The summed E-state index contributed by atoms with van der Waals surface area (Å²) in [5, 5.41) is 8.48. The standard InChI is InChI=1S/C20H15F2N3O4/c21-20(22,12-6-2-1-3-7-12)17-10-14(25-29-17)18(26)24-15-11-28-16-9-5-4-8-13(16)23-19(15)27/h1-10,15H,11H2,(H,23,27)(H,24,26)/t15-/m0/s1. The van der Waals surface area contributed by atoms with Crippen LogP contribution >= 0.6 is 0 Å². The number of nitrogens with zero attached hydrogens (tertiary/aromatic N) is 1. The fraction of sp³-hybridized carbons (Fsp3) is 0.150. The molecular formula is C20H15F2N3O4. The molecule has 1 aliphatic rings. The van der Waals surface area contributed by atoms with E-state index in [9.17, 15) is 18.4 Å². The molecule has 3 aromatic rings. The van der Waals surface area contributed by atoms with Crippen molar-refractivity contribution < 1.29 is 27.6 Å². The molecule has 0 radical (unpaired) electrons. The van der Waals surface area contributed by atoms with Gasteiger partial charge >= 0.3 is 5.92 Å². The van der Waals surface area contributed by atoms with Crippen LogP contribution in [-0.4, -0.2) is 29.6 Å². The van der Waals surface area contributed by atoms with Gasteiger partial charge in [0.2, 0.25) is 5.76 Å². The molecule has 148 valence electrons. The van der Waals surface area contributed by atoms with Crippen LogP contribution in [-0.2, 0) is 10.7 Å². The van der Waals surface area contributed by atoms with E-state index >= 15 is 0 Å². The molecule has 2 N–H and O–H groups in total. The SMILES string of the molecule is O=C(N[C@H]1COc2ccccc2NC1=O)c1cc(C(F)(F)c2ccccc2)on1. The summed E-state index contributed by atoms with van der Waals surface area (Å²) in [6.45, 7) is -0.126. The van der Waals surface area contributed by atoms with Crippen molar-refractivity contribution in [3.05, 3.63) is 77.7 Å². The first-order valence-electron chi connectivity index (χ1n) is 8.69. The first kappa shape index (κ1) is 18.6. The molecular weight excluding hydrogens is 384 g/mol. The lowest BCUT2D eigenvalue weighted by atomic mass is 10.1. The number of para-hydroxylation sites is 2. The van der Waals surface area contributed by atoms with Crippen LogP contribution in [0.4, 0.5) is 14.5 Å². The van der Waals surface area contributed by atoms with E-state index in [2.05, 4.69) is 15.8 Å². The van der Waals surface area contributed by atoms with E-state index in [4.69, 9.17) is 9.26 Å². The topological polar surface area (TPSA) is 93.5 Å². The van der Waals surface area contributed by atoms with E-state index in [0.29, 0.717) is 11.4 Å². The highest BCUT2D eigenvalue weighted by Crippen LogP contribution is 2.35. The molecule has 0 aliphatic carbocycles. The van der Waals surface area contributed by atoms with Gasteiger partial charge in [-0.3, -0.25) is 9.59 Å². The molecule has 2 amide bonds. The van der Waals surface area contributed by atoms with E-state index in [1.165, 1.54) is 24.3 Å². The van der Waals surface area contributed by atoms with Gasteiger partial charge in [0.25, 0.3) is 11.8 Å². The zero-order valence-electron chi connectivity index (χ0n) is 14.9. The van der Waals surface area contributed by atoms with Gasteiger partial charge in [-0.15, -0.1) is 0 Å². The minimum Gasteiger partial charge on any atom is -0.489 e. The Morgan fingerprint density at radius 1 is 1.14 bits per heavy atom. The highest BCUT2D eigenvalue weighted by molar-refractivity contribution is 6.01. The second-order valence-corrected chi connectivity index (χ2v) is 6.34. The third-order valence-electron chi connectivity index (χ3n) is 4.36. The molecule has 0 saturated heterocycles. The van der Waals surface area contributed by atoms with Gasteiger partial charge in [-0.25, -0.2) is 0 Å². The Labute approximate surface area is 163 Å². The molecule has 0 fully saturated rings. The summed E-state index contributed by atoms with van der Waals surface area (Å²) in [5.41, 5.74) is -0.192. The normalized spacial score (nSPS) is 16.2. The first-order chi connectivity index (χ1) is 13.9. The monoisotopic (exact) mass is 399 g/mol. The number of benzene rings is 2. The molecule has 1 atom stereocenters. The van der Waals surface area contributed by atoms with Gasteiger partial charge < -0.3 is 19.9 Å². The Balaban J connectivity index is 1.48. The summed E-state index contributed by atoms with van der Waals surface area (Å²) >= 11 is 0. The van der Waals surface area contributed by atoms with E-state index in [0.717, 1.165) is 6.07 Å². The van der Waals surface area contributed by atoms with Crippen molar-refractivity contribution in [3.63, 3.8) is 0 Å². The Kier molecular flexibility index (Phi) is 4.71. The van der Waals surface area contributed by atoms with Crippen LogP contribution < -0.4 is 15.4 Å². The molecule has 0 saturated carbocycles. The molecule has 1 aliphatic heterocycles. The van der Waals surface area contributed by atoms with Crippen molar-refractivity contribution in [3.8, 4) is 5.75 Å². The van der Waals surface area contributed by atoms with Crippen LogP contribution in [0.2, 0.25) is 0 Å². The highest BCUT2D eigenvalue weighted by atomic mass is 19.3. The van der Waals surface area contributed by atoms with Crippen LogP contribution in [0.1, 0.15) is 21.8 Å².